The second-order valence-electron chi connectivity index (χ2n) is 6.30. The molecule has 4 rings (SSSR count). The normalized spacial score (nSPS) is 26.0. The Balaban J connectivity index is 1.31. The zero-order valence-electron chi connectivity index (χ0n) is 12.4. The Hall–Kier alpha value is -1.44. The first kappa shape index (κ1) is 15.1. The number of carboxylic acids is 1. The van der Waals surface area contributed by atoms with E-state index in [-0.39, 0.29) is 5.91 Å². The van der Waals surface area contributed by atoms with Crippen molar-refractivity contribution in [2.45, 2.75) is 19.4 Å². The van der Waals surface area contributed by atoms with Crippen LogP contribution in [0, 0.1) is 17.8 Å². The van der Waals surface area contributed by atoms with Crippen molar-refractivity contribution in [2.24, 2.45) is 17.8 Å². The Morgan fingerprint density at radius 2 is 2.09 bits per heavy atom. The summed E-state index contributed by atoms with van der Waals surface area (Å²) in [4.78, 5) is 24.4. The van der Waals surface area contributed by atoms with Gasteiger partial charge in [0.2, 0.25) is 5.91 Å². The number of amides is 1. The van der Waals surface area contributed by atoms with Gasteiger partial charge >= 0.3 is 5.97 Å². The Morgan fingerprint density at radius 3 is 2.83 bits per heavy atom. The van der Waals surface area contributed by atoms with Gasteiger partial charge in [0, 0.05) is 27.3 Å². The minimum absolute atomic E-state index is 0.100. The maximum absolute atomic E-state index is 12.1. The summed E-state index contributed by atoms with van der Waals surface area (Å²) >= 11 is 2.82. The standard InChI is InChI=1S/C16H17NO4S2/c18-15(2-8-1-9-6-21-7-11(8)9)17-5-10-3-12-13(22-10)4-14(23-12)16(19)20/h3-4,8-9,11H,1-2,5-7H2,(H,17,18)(H,19,20)/t8?,9-,11-/m1/s1. The van der Waals surface area contributed by atoms with Gasteiger partial charge in [0.25, 0.3) is 0 Å². The second kappa shape index (κ2) is 5.89. The lowest BCUT2D eigenvalue weighted by atomic mass is 9.65. The third kappa shape index (κ3) is 2.88. The molecule has 2 aromatic rings. The number of ether oxygens (including phenoxy) is 1. The van der Waals surface area contributed by atoms with Crippen molar-refractivity contribution in [3.8, 4) is 0 Å². The molecule has 1 aliphatic carbocycles. The topological polar surface area (TPSA) is 75.6 Å². The maximum Gasteiger partial charge on any atom is 0.345 e. The maximum atomic E-state index is 12.1. The third-order valence-corrected chi connectivity index (χ3v) is 7.12. The van der Waals surface area contributed by atoms with Crippen molar-refractivity contribution >= 4 is 43.9 Å². The highest BCUT2D eigenvalue weighted by Gasteiger charge is 2.45. The lowest BCUT2D eigenvalue weighted by Gasteiger charge is -2.38. The van der Waals surface area contributed by atoms with Crippen LogP contribution in [-0.4, -0.2) is 30.2 Å². The van der Waals surface area contributed by atoms with Gasteiger partial charge in [0.15, 0.2) is 0 Å². The predicted molar refractivity (Wildman–Crippen MR) is 89.0 cm³/mol. The molecule has 122 valence electrons. The third-order valence-electron chi connectivity index (χ3n) is 4.83. The van der Waals surface area contributed by atoms with Gasteiger partial charge in [-0.2, -0.15) is 0 Å². The summed E-state index contributed by atoms with van der Waals surface area (Å²) < 4.78 is 7.40. The van der Waals surface area contributed by atoms with Gasteiger partial charge in [-0.1, -0.05) is 0 Å². The summed E-state index contributed by atoms with van der Waals surface area (Å²) in [5.74, 6) is 0.960. The number of fused-ring (bicyclic) bond motifs is 2. The Kier molecular flexibility index (Phi) is 3.87. The van der Waals surface area contributed by atoms with Crippen molar-refractivity contribution in [1.29, 1.82) is 0 Å². The molecular weight excluding hydrogens is 334 g/mol. The largest absolute Gasteiger partial charge is 0.477 e. The van der Waals surface area contributed by atoms with E-state index in [0.717, 1.165) is 33.9 Å². The molecule has 0 bridgehead atoms. The smallest absolute Gasteiger partial charge is 0.345 e. The molecule has 1 unspecified atom stereocenters. The van der Waals surface area contributed by atoms with Gasteiger partial charge in [0.05, 0.1) is 13.2 Å². The van der Waals surface area contributed by atoms with Crippen LogP contribution < -0.4 is 5.32 Å². The van der Waals surface area contributed by atoms with Gasteiger partial charge in [0.1, 0.15) is 4.88 Å². The van der Waals surface area contributed by atoms with Gasteiger partial charge < -0.3 is 15.2 Å². The van der Waals surface area contributed by atoms with Crippen molar-refractivity contribution in [3.05, 3.63) is 21.9 Å². The molecule has 3 heterocycles. The van der Waals surface area contributed by atoms with Crippen LogP contribution >= 0.6 is 22.7 Å². The number of carbonyl (C=O) groups is 2. The molecule has 0 spiro atoms. The lowest BCUT2D eigenvalue weighted by molar-refractivity contribution is -0.123. The fourth-order valence-corrected chi connectivity index (χ4v) is 5.76. The van der Waals surface area contributed by atoms with Crippen LogP contribution in [0.2, 0.25) is 0 Å². The minimum Gasteiger partial charge on any atom is -0.477 e. The van der Waals surface area contributed by atoms with Crippen LogP contribution in [0.1, 0.15) is 27.4 Å². The number of aromatic carboxylic acids is 1. The molecule has 1 saturated carbocycles. The van der Waals surface area contributed by atoms with Crippen LogP contribution in [0.5, 0.6) is 0 Å². The van der Waals surface area contributed by atoms with Crippen molar-refractivity contribution < 1.29 is 19.4 Å². The highest BCUT2D eigenvalue weighted by Crippen LogP contribution is 2.46. The number of carboxylic acid groups (broad SMARTS) is 1. The molecule has 5 nitrogen and oxygen atoms in total. The SMILES string of the molecule is O=C(CC1C[C@@H]2COC[C@H]12)NCc1cc2sc(C(=O)O)cc2s1. The van der Waals surface area contributed by atoms with E-state index in [2.05, 4.69) is 5.32 Å². The first-order valence-corrected chi connectivity index (χ1v) is 9.33. The van der Waals surface area contributed by atoms with E-state index < -0.39 is 5.97 Å². The van der Waals surface area contributed by atoms with Gasteiger partial charge in [-0.05, 0) is 36.3 Å². The summed E-state index contributed by atoms with van der Waals surface area (Å²) in [6, 6.07) is 3.68. The molecule has 3 atom stereocenters. The number of carbonyl (C=O) groups excluding carboxylic acids is 1. The van der Waals surface area contributed by atoms with E-state index in [0.29, 0.717) is 35.6 Å². The van der Waals surface area contributed by atoms with E-state index in [1.165, 1.54) is 11.3 Å². The van der Waals surface area contributed by atoms with E-state index in [1.54, 1.807) is 17.4 Å². The molecule has 2 aliphatic rings. The summed E-state index contributed by atoms with van der Waals surface area (Å²) in [5, 5.41) is 12.0. The number of rotatable bonds is 5. The fourth-order valence-electron chi connectivity index (χ4n) is 3.56. The molecule has 23 heavy (non-hydrogen) atoms. The highest BCUT2D eigenvalue weighted by atomic mass is 32.1. The number of thiophene rings is 2. The van der Waals surface area contributed by atoms with Gasteiger partial charge in [-0.15, -0.1) is 22.7 Å². The van der Waals surface area contributed by atoms with E-state index in [1.807, 2.05) is 6.07 Å². The molecule has 2 N–H and O–H groups in total. The monoisotopic (exact) mass is 351 g/mol. The molecule has 2 aromatic heterocycles. The molecule has 1 aliphatic heterocycles. The van der Waals surface area contributed by atoms with E-state index in [9.17, 15) is 9.59 Å². The Morgan fingerprint density at radius 1 is 1.26 bits per heavy atom. The Labute approximate surface area is 141 Å². The minimum atomic E-state index is -0.886. The Bertz CT molecular complexity index is 734. The summed E-state index contributed by atoms with van der Waals surface area (Å²) in [6.45, 7) is 2.20. The average molecular weight is 351 g/mol. The average Bonchev–Trinajstić information content (AvgIpc) is 3.14. The van der Waals surface area contributed by atoms with Crippen LogP contribution in [0.25, 0.3) is 9.40 Å². The van der Waals surface area contributed by atoms with Gasteiger partial charge in [-0.25, -0.2) is 4.79 Å². The molecule has 1 saturated heterocycles. The molecule has 7 heteroatoms. The zero-order valence-corrected chi connectivity index (χ0v) is 14.0. The molecule has 2 fully saturated rings. The molecule has 1 amide bonds. The summed E-state index contributed by atoms with van der Waals surface area (Å²) in [5.41, 5.74) is 0. The first-order valence-electron chi connectivity index (χ1n) is 7.70. The van der Waals surface area contributed by atoms with Gasteiger partial charge in [-0.3, -0.25) is 4.79 Å². The second-order valence-corrected chi connectivity index (χ2v) is 8.55. The number of hydrogen-bond donors (Lipinski definition) is 2. The van der Waals surface area contributed by atoms with Crippen LogP contribution in [0.4, 0.5) is 0 Å². The van der Waals surface area contributed by atoms with Crippen LogP contribution in [0.15, 0.2) is 12.1 Å². The molecule has 0 aromatic carbocycles. The van der Waals surface area contributed by atoms with E-state index in [4.69, 9.17) is 9.84 Å². The molecule has 0 radical (unpaired) electrons. The number of nitrogens with one attached hydrogen (secondary N) is 1. The molecular formula is C16H17NO4S2. The number of hydrogen-bond acceptors (Lipinski definition) is 5. The first-order chi connectivity index (χ1) is 11.1. The van der Waals surface area contributed by atoms with Crippen LogP contribution in [0.3, 0.4) is 0 Å². The lowest BCUT2D eigenvalue weighted by Crippen LogP contribution is -2.39. The van der Waals surface area contributed by atoms with Crippen molar-refractivity contribution in [2.75, 3.05) is 13.2 Å². The quantitative estimate of drug-likeness (QED) is 0.868. The summed E-state index contributed by atoms with van der Waals surface area (Å²) in [6.07, 6.45) is 1.71. The van der Waals surface area contributed by atoms with E-state index >= 15 is 0 Å². The predicted octanol–water partition coefficient (Wildman–Crippen LogP) is 2.95. The zero-order chi connectivity index (χ0) is 16.0. The summed E-state index contributed by atoms with van der Waals surface area (Å²) in [7, 11) is 0. The van der Waals surface area contributed by atoms with Crippen molar-refractivity contribution in [1.82, 2.24) is 5.32 Å². The highest BCUT2D eigenvalue weighted by molar-refractivity contribution is 7.28. The van der Waals surface area contributed by atoms with Crippen molar-refractivity contribution in [3.63, 3.8) is 0 Å². The van der Waals surface area contributed by atoms with Crippen LogP contribution in [-0.2, 0) is 16.1 Å². The fraction of sp³-hybridized carbons (Fsp3) is 0.500.